The fourth-order valence-corrected chi connectivity index (χ4v) is 1.000. The summed E-state index contributed by atoms with van der Waals surface area (Å²) in [5, 5.41) is 8.49. The average molecular weight is 165 g/mol. The van der Waals surface area contributed by atoms with Crippen LogP contribution >= 0.6 is 0 Å². The Morgan fingerprint density at radius 2 is 2.42 bits per heavy atom. The van der Waals surface area contributed by atoms with Crippen molar-refractivity contribution in [1.29, 1.82) is 0 Å². The van der Waals surface area contributed by atoms with Crippen molar-refractivity contribution < 1.29 is 9.90 Å². The van der Waals surface area contributed by atoms with Crippen molar-refractivity contribution >= 4 is 5.97 Å². The number of nitrogens with zero attached hydrogens (tertiary/aromatic N) is 1. The lowest BCUT2D eigenvalue weighted by atomic mass is 10.1. The number of carbonyl (C=O) groups is 1. The van der Waals surface area contributed by atoms with Gasteiger partial charge in [0.05, 0.1) is 12.1 Å². The van der Waals surface area contributed by atoms with E-state index in [1.54, 1.807) is 6.20 Å². The number of rotatable bonds is 3. The fraction of sp³-hybridized carbons (Fsp3) is 0.333. The molecular weight excluding hydrogens is 154 g/mol. The van der Waals surface area contributed by atoms with Crippen molar-refractivity contribution in [2.24, 2.45) is 0 Å². The first-order valence-electron chi connectivity index (χ1n) is 3.88. The zero-order valence-electron chi connectivity index (χ0n) is 6.95. The molecular formula is C9H11NO2. The van der Waals surface area contributed by atoms with Crippen LogP contribution in [0, 0.1) is 0 Å². The summed E-state index contributed by atoms with van der Waals surface area (Å²) in [6.45, 7) is 2.03. The minimum Gasteiger partial charge on any atom is -0.481 e. The molecule has 0 amide bonds. The lowest BCUT2D eigenvalue weighted by Crippen LogP contribution is -2.02. The molecule has 12 heavy (non-hydrogen) atoms. The minimum absolute atomic E-state index is 0.00778. The Bertz CT molecular complexity index is 284. The first-order chi connectivity index (χ1) is 5.72. The van der Waals surface area contributed by atoms with Crippen LogP contribution in [0.2, 0.25) is 0 Å². The van der Waals surface area contributed by atoms with E-state index in [-0.39, 0.29) is 6.42 Å². The Kier molecular flexibility index (Phi) is 2.80. The van der Waals surface area contributed by atoms with E-state index in [0.29, 0.717) is 5.69 Å². The summed E-state index contributed by atoms with van der Waals surface area (Å²) in [4.78, 5) is 14.3. The first kappa shape index (κ1) is 8.71. The second-order valence-corrected chi connectivity index (χ2v) is 2.58. The van der Waals surface area contributed by atoms with Gasteiger partial charge in [-0.05, 0) is 24.1 Å². The molecule has 0 aliphatic carbocycles. The maximum atomic E-state index is 10.3. The maximum absolute atomic E-state index is 10.3. The third-order valence-corrected chi connectivity index (χ3v) is 1.62. The molecule has 0 saturated carbocycles. The molecule has 0 spiro atoms. The zero-order valence-corrected chi connectivity index (χ0v) is 6.95. The third kappa shape index (κ3) is 2.34. The fourth-order valence-electron chi connectivity index (χ4n) is 1.000. The molecule has 0 unspecified atom stereocenters. The molecule has 1 aromatic heterocycles. The van der Waals surface area contributed by atoms with Crippen LogP contribution in [0.25, 0.3) is 0 Å². The number of hydrogen-bond acceptors (Lipinski definition) is 2. The lowest BCUT2D eigenvalue weighted by Gasteiger charge is -1.98. The van der Waals surface area contributed by atoms with Gasteiger partial charge in [0.1, 0.15) is 0 Å². The molecule has 3 heteroatoms. The van der Waals surface area contributed by atoms with E-state index in [1.165, 1.54) is 0 Å². The number of hydrogen-bond donors (Lipinski definition) is 1. The predicted octanol–water partition coefficient (Wildman–Crippen LogP) is 1.27. The van der Waals surface area contributed by atoms with Gasteiger partial charge in [-0.25, -0.2) is 0 Å². The minimum atomic E-state index is -0.837. The standard InChI is InChI=1S/C9H11NO2/c1-2-7-3-4-10-8(5-7)6-9(11)12/h3-5H,2,6H2,1H3,(H,11,12). The number of aliphatic carboxylic acids is 1. The van der Waals surface area contributed by atoms with Crippen LogP contribution in [0.3, 0.4) is 0 Å². The molecule has 1 rings (SSSR count). The highest BCUT2D eigenvalue weighted by molar-refractivity contribution is 5.69. The smallest absolute Gasteiger partial charge is 0.309 e. The highest BCUT2D eigenvalue weighted by atomic mass is 16.4. The summed E-state index contributed by atoms with van der Waals surface area (Å²) in [7, 11) is 0. The van der Waals surface area contributed by atoms with Gasteiger partial charge in [-0.15, -0.1) is 0 Å². The molecule has 0 aliphatic rings. The number of pyridine rings is 1. The second-order valence-electron chi connectivity index (χ2n) is 2.58. The van der Waals surface area contributed by atoms with E-state index in [1.807, 2.05) is 19.1 Å². The van der Waals surface area contributed by atoms with E-state index in [2.05, 4.69) is 4.98 Å². The SMILES string of the molecule is CCc1ccnc(CC(=O)O)c1. The molecule has 0 bridgehead atoms. The predicted molar refractivity (Wildman–Crippen MR) is 45.0 cm³/mol. The summed E-state index contributed by atoms with van der Waals surface area (Å²) >= 11 is 0. The average Bonchev–Trinajstić information content (AvgIpc) is 2.03. The summed E-state index contributed by atoms with van der Waals surface area (Å²) in [6, 6.07) is 3.72. The Balaban J connectivity index is 2.79. The molecule has 1 heterocycles. The van der Waals surface area contributed by atoms with Gasteiger partial charge >= 0.3 is 5.97 Å². The van der Waals surface area contributed by atoms with Crippen molar-refractivity contribution in [2.45, 2.75) is 19.8 Å². The van der Waals surface area contributed by atoms with E-state index in [9.17, 15) is 4.79 Å². The highest BCUT2D eigenvalue weighted by Crippen LogP contribution is 2.02. The topological polar surface area (TPSA) is 50.2 Å². The Morgan fingerprint density at radius 3 is 3.00 bits per heavy atom. The summed E-state index contributed by atoms with van der Waals surface area (Å²) < 4.78 is 0. The number of aryl methyl sites for hydroxylation is 1. The van der Waals surface area contributed by atoms with Crippen LogP contribution in [-0.4, -0.2) is 16.1 Å². The van der Waals surface area contributed by atoms with E-state index >= 15 is 0 Å². The van der Waals surface area contributed by atoms with Crippen molar-refractivity contribution in [3.05, 3.63) is 29.6 Å². The quantitative estimate of drug-likeness (QED) is 0.733. The van der Waals surface area contributed by atoms with Gasteiger partial charge < -0.3 is 5.11 Å². The molecule has 0 radical (unpaired) electrons. The van der Waals surface area contributed by atoms with E-state index in [4.69, 9.17) is 5.11 Å². The highest BCUT2D eigenvalue weighted by Gasteiger charge is 2.01. The Morgan fingerprint density at radius 1 is 1.67 bits per heavy atom. The molecule has 1 aromatic rings. The van der Waals surface area contributed by atoms with Gasteiger partial charge in [-0.2, -0.15) is 0 Å². The monoisotopic (exact) mass is 165 g/mol. The second kappa shape index (κ2) is 3.85. The first-order valence-corrected chi connectivity index (χ1v) is 3.88. The molecule has 1 N–H and O–H groups in total. The van der Waals surface area contributed by atoms with Gasteiger partial charge in [0.25, 0.3) is 0 Å². The van der Waals surface area contributed by atoms with Gasteiger partial charge in [0.15, 0.2) is 0 Å². The number of aromatic nitrogens is 1. The van der Waals surface area contributed by atoms with Gasteiger partial charge in [0, 0.05) is 6.20 Å². The normalized spacial score (nSPS) is 9.75. The van der Waals surface area contributed by atoms with Crippen molar-refractivity contribution in [3.8, 4) is 0 Å². The number of carboxylic acid groups (broad SMARTS) is 1. The van der Waals surface area contributed by atoms with E-state index in [0.717, 1.165) is 12.0 Å². The van der Waals surface area contributed by atoms with Crippen LogP contribution in [0.15, 0.2) is 18.3 Å². The molecule has 0 atom stereocenters. The van der Waals surface area contributed by atoms with Gasteiger partial charge in [-0.1, -0.05) is 6.92 Å². The largest absolute Gasteiger partial charge is 0.481 e. The molecule has 0 aromatic carbocycles. The Labute approximate surface area is 71.1 Å². The number of carboxylic acids is 1. The van der Waals surface area contributed by atoms with Crippen LogP contribution < -0.4 is 0 Å². The summed E-state index contributed by atoms with van der Waals surface area (Å²) in [5.41, 5.74) is 1.75. The van der Waals surface area contributed by atoms with Crippen molar-refractivity contribution in [3.63, 3.8) is 0 Å². The van der Waals surface area contributed by atoms with Gasteiger partial charge in [0.2, 0.25) is 0 Å². The Hall–Kier alpha value is -1.38. The zero-order chi connectivity index (χ0) is 8.97. The third-order valence-electron chi connectivity index (χ3n) is 1.62. The van der Waals surface area contributed by atoms with Crippen LogP contribution in [-0.2, 0) is 17.6 Å². The molecule has 0 saturated heterocycles. The van der Waals surface area contributed by atoms with E-state index < -0.39 is 5.97 Å². The lowest BCUT2D eigenvalue weighted by molar-refractivity contribution is -0.136. The maximum Gasteiger partial charge on any atom is 0.309 e. The molecule has 0 aliphatic heterocycles. The summed E-state index contributed by atoms with van der Waals surface area (Å²) in [5.74, 6) is -0.837. The molecule has 64 valence electrons. The molecule has 0 fully saturated rings. The van der Waals surface area contributed by atoms with Crippen LogP contribution in [0.5, 0.6) is 0 Å². The van der Waals surface area contributed by atoms with Crippen molar-refractivity contribution in [2.75, 3.05) is 0 Å². The van der Waals surface area contributed by atoms with Crippen LogP contribution in [0.4, 0.5) is 0 Å². The van der Waals surface area contributed by atoms with Crippen LogP contribution in [0.1, 0.15) is 18.2 Å². The summed E-state index contributed by atoms with van der Waals surface area (Å²) in [6.07, 6.45) is 2.57. The van der Waals surface area contributed by atoms with Gasteiger partial charge in [-0.3, -0.25) is 9.78 Å². The molecule has 3 nitrogen and oxygen atoms in total. The van der Waals surface area contributed by atoms with Crippen molar-refractivity contribution in [1.82, 2.24) is 4.98 Å².